The van der Waals surface area contributed by atoms with Gasteiger partial charge in [0.2, 0.25) is 0 Å². The molecule has 20 heavy (non-hydrogen) atoms. The van der Waals surface area contributed by atoms with E-state index in [4.69, 9.17) is 0 Å². The lowest BCUT2D eigenvalue weighted by Crippen LogP contribution is -2.41. The number of sulfone groups is 1. The van der Waals surface area contributed by atoms with Crippen molar-refractivity contribution in [3.05, 3.63) is 29.8 Å². The van der Waals surface area contributed by atoms with Crippen molar-refractivity contribution < 1.29 is 8.42 Å². The molecule has 1 aromatic rings. The Labute approximate surface area is 120 Å². The van der Waals surface area contributed by atoms with Crippen LogP contribution in [0.2, 0.25) is 0 Å². The molecule has 1 aliphatic heterocycles. The van der Waals surface area contributed by atoms with Gasteiger partial charge in [0.25, 0.3) is 0 Å². The molecule has 0 aromatic heterocycles. The fourth-order valence-corrected chi connectivity index (χ4v) is 3.06. The van der Waals surface area contributed by atoms with Gasteiger partial charge in [0, 0.05) is 32.1 Å². The molecule has 0 spiro atoms. The molecule has 0 unspecified atom stereocenters. The predicted molar refractivity (Wildman–Crippen MR) is 83.2 cm³/mol. The number of para-hydroxylation sites is 1. The molecular weight excluding hydrogens is 274 g/mol. The molecule has 6 heteroatoms. The van der Waals surface area contributed by atoms with Crippen molar-refractivity contribution >= 4 is 21.5 Å². The lowest BCUT2D eigenvalue weighted by Gasteiger charge is -2.22. The third-order valence-corrected chi connectivity index (χ3v) is 4.36. The van der Waals surface area contributed by atoms with Crippen molar-refractivity contribution in [1.29, 1.82) is 0 Å². The van der Waals surface area contributed by atoms with Gasteiger partial charge in [0.1, 0.15) is 9.84 Å². The number of guanidine groups is 1. The Bertz CT molecular complexity index is 596. The van der Waals surface area contributed by atoms with Crippen molar-refractivity contribution in [1.82, 2.24) is 5.32 Å². The molecule has 0 fully saturated rings. The quantitative estimate of drug-likeness (QED) is 0.512. The lowest BCUT2D eigenvalue weighted by molar-refractivity contribution is 0.598. The number of anilines is 1. The van der Waals surface area contributed by atoms with E-state index in [-0.39, 0.29) is 5.75 Å². The number of hydrogen-bond acceptors (Lipinski definition) is 3. The summed E-state index contributed by atoms with van der Waals surface area (Å²) in [5.74, 6) is 1.01. The van der Waals surface area contributed by atoms with Gasteiger partial charge >= 0.3 is 0 Å². The topological polar surface area (TPSA) is 61.8 Å². The Kier molecular flexibility index (Phi) is 4.65. The molecule has 0 atom stereocenters. The second-order valence-electron chi connectivity index (χ2n) is 4.99. The minimum Gasteiger partial charge on any atom is -0.356 e. The zero-order chi connectivity index (χ0) is 14.6. The van der Waals surface area contributed by atoms with E-state index in [1.807, 2.05) is 12.1 Å². The minimum absolute atomic E-state index is 0.202. The van der Waals surface area contributed by atoms with Crippen LogP contribution in [0.3, 0.4) is 0 Å². The van der Waals surface area contributed by atoms with Crippen LogP contribution in [0.25, 0.3) is 0 Å². The van der Waals surface area contributed by atoms with Crippen molar-refractivity contribution in [3.63, 3.8) is 0 Å². The first-order valence-electron chi connectivity index (χ1n) is 6.75. The molecule has 5 nitrogen and oxygen atoms in total. The van der Waals surface area contributed by atoms with Gasteiger partial charge in [0.15, 0.2) is 5.96 Å². The smallest absolute Gasteiger partial charge is 0.198 e. The predicted octanol–water partition coefficient (Wildman–Crippen LogP) is 1.06. The van der Waals surface area contributed by atoms with Gasteiger partial charge in [-0.3, -0.25) is 4.99 Å². The second kappa shape index (κ2) is 6.26. The lowest BCUT2D eigenvalue weighted by atomic mass is 10.2. The molecule has 0 saturated heterocycles. The molecule has 2 rings (SSSR count). The zero-order valence-electron chi connectivity index (χ0n) is 12.0. The first-order chi connectivity index (χ1) is 9.51. The van der Waals surface area contributed by atoms with E-state index >= 15 is 0 Å². The number of benzene rings is 1. The zero-order valence-corrected chi connectivity index (χ0v) is 12.8. The third-order valence-electron chi connectivity index (χ3n) is 3.33. The van der Waals surface area contributed by atoms with Crippen LogP contribution >= 0.6 is 0 Å². The van der Waals surface area contributed by atoms with Crippen LogP contribution in [0.1, 0.15) is 12.0 Å². The fraction of sp³-hybridized carbons (Fsp3) is 0.500. The first kappa shape index (κ1) is 14.8. The van der Waals surface area contributed by atoms with Crippen molar-refractivity contribution in [2.75, 3.05) is 37.0 Å². The van der Waals surface area contributed by atoms with E-state index in [0.717, 1.165) is 18.9 Å². The maximum atomic E-state index is 11.1. The summed E-state index contributed by atoms with van der Waals surface area (Å²) in [6, 6.07) is 8.29. The molecular formula is C14H21N3O2S. The van der Waals surface area contributed by atoms with E-state index in [0.29, 0.717) is 13.0 Å². The summed E-state index contributed by atoms with van der Waals surface area (Å²) in [5, 5.41) is 3.24. The Morgan fingerprint density at radius 1 is 1.40 bits per heavy atom. The van der Waals surface area contributed by atoms with Gasteiger partial charge in [-0.1, -0.05) is 18.2 Å². The highest BCUT2D eigenvalue weighted by atomic mass is 32.2. The maximum absolute atomic E-state index is 11.1. The van der Waals surface area contributed by atoms with Crippen LogP contribution in [-0.4, -0.2) is 46.5 Å². The fourth-order valence-electron chi connectivity index (χ4n) is 2.39. The van der Waals surface area contributed by atoms with Crippen LogP contribution in [-0.2, 0) is 16.3 Å². The molecule has 0 bridgehead atoms. The maximum Gasteiger partial charge on any atom is 0.198 e. The van der Waals surface area contributed by atoms with Crippen LogP contribution < -0.4 is 10.2 Å². The molecule has 0 radical (unpaired) electrons. The largest absolute Gasteiger partial charge is 0.356 e. The highest BCUT2D eigenvalue weighted by molar-refractivity contribution is 7.90. The summed E-state index contributed by atoms with van der Waals surface area (Å²) < 4.78 is 22.2. The van der Waals surface area contributed by atoms with Crippen molar-refractivity contribution in [2.24, 2.45) is 4.99 Å². The Morgan fingerprint density at radius 3 is 2.85 bits per heavy atom. The van der Waals surface area contributed by atoms with E-state index in [1.54, 1.807) is 7.05 Å². The second-order valence-corrected chi connectivity index (χ2v) is 7.25. The van der Waals surface area contributed by atoms with E-state index < -0.39 is 9.84 Å². The molecule has 1 aliphatic rings. The van der Waals surface area contributed by atoms with Gasteiger partial charge in [-0.2, -0.15) is 0 Å². The SMILES string of the molecule is CN=C(NCCCS(C)(=O)=O)N1CCc2ccccc21. The van der Waals surface area contributed by atoms with E-state index in [9.17, 15) is 8.42 Å². The van der Waals surface area contributed by atoms with Gasteiger partial charge in [-0.25, -0.2) is 8.42 Å². The number of fused-ring (bicyclic) bond motifs is 1. The van der Waals surface area contributed by atoms with Gasteiger partial charge in [-0.05, 0) is 24.5 Å². The normalized spacial score (nSPS) is 15.3. The van der Waals surface area contributed by atoms with E-state index in [1.165, 1.54) is 17.5 Å². The Balaban J connectivity index is 1.94. The highest BCUT2D eigenvalue weighted by Crippen LogP contribution is 2.27. The van der Waals surface area contributed by atoms with E-state index in [2.05, 4.69) is 27.3 Å². The molecule has 1 N–H and O–H groups in total. The molecule has 1 aromatic carbocycles. The summed E-state index contributed by atoms with van der Waals surface area (Å²) >= 11 is 0. The van der Waals surface area contributed by atoms with Crippen LogP contribution in [0, 0.1) is 0 Å². The van der Waals surface area contributed by atoms with Crippen LogP contribution in [0.15, 0.2) is 29.3 Å². The standard InChI is InChI=1S/C14H21N3O2S/c1-15-14(16-9-5-11-20(2,18)19)17-10-8-12-6-3-4-7-13(12)17/h3-4,6-7H,5,8-11H2,1-2H3,(H,15,16). The van der Waals surface area contributed by atoms with Gasteiger partial charge in [0.05, 0.1) is 5.75 Å². The minimum atomic E-state index is -2.89. The van der Waals surface area contributed by atoms with Crippen LogP contribution in [0.5, 0.6) is 0 Å². The molecule has 0 aliphatic carbocycles. The number of rotatable bonds is 4. The molecule has 1 heterocycles. The summed E-state index contributed by atoms with van der Waals surface area (Å²) in [7, 11) is -1.14. The monoisotopic (exact) mass is 295 g/mol. The first-order valence-corrected chi connectivity index (χ1v) is 8.81. The average molecular weight is 295 g/mol. The Hall–Kier alpha value is -1.56. The van der Waals surface area contributed by atoms with Crippen molar-refractivity contribution in [3.8, 4) is 0 Å². The Morgan fingerprint density at radius 2 is 2.15 bits per heavy atom. The van der Waals surface area contributed by atoms with Crippen LogP contribution in [0.4, 0.5) is 5.69 Å². The summed E-state index contributed by atoms with van der Waals surface area (Å²) in [4.78, 5) is 6.43. The number of nitrogens with zero attached hydrogens (tertiary/aromatic N) is 2. The summed E-state index contributed by atoms with van der Waals surface area (Å²) in [6.45, 7) is 1.52. The number of aliphatic imine (C=N–C) groups is 1. The number of nitrogens with one attached hydrogen (secondary N) is 1. The average Bonchev–Trinajstić information content (AvgIpc) is 2.82. The van der Waals surface area contributed by atoms with Gasteiger partial charge < -0.3 is 10.2 Å². The highest BCUT2D eigenvalue weighted by Gasteiger charge is 2.22. The summed E-state index contributed by atoms with van der Waals surface area (Å²) in [5.41, 5.74) is 2.51. The molecule has 110 valence electrons. The number of hydrogen-bond donors (Lipinski definition) is 1. The van der Waals surface area contributed by atoms with Crippen molar-refractivity contribution in [2.45, 2.75) is 12.8 Å². The summed E-state index contributed by atoms with van der Waals surface area (Å²) in [6.07, 6.45) is 2.87. The molecule has 0 saturated carbocycles. The molecule has 0 amide bonds. The third kappa shape index (κ3) is 3.72. The van der Waals surface area contributed by atoms with Gasteiger partial charge in [-0.15, -0.1) is 0 Å².